The van der Waals surface area contributed by atoms with E-state index < -0.39 is 4.92 Å². The van der Waals surface area contributed by atoms with Crippen LogP contribution in [0.25, 0.3) is 0 Å². The fraction of sp³-hybridized carbons (Fsp3) is 0.333. The van der Waals surface area contributed by atoms with Gasteiger partial charge in [-0.05, 0) is 25.6 Å². The SMILES string of the molecule is CNCCC#Cc1ccc([N+](=O)[O-])cc1C. The standard InChI is InChI=1S/C12H14N2O2/c1-10-9-12(14(15)16)7-6-11(10)5-3-4-8-13-2/h6-7,9,13H,4,8H2,1-2H3. The van der Waals surface area contributed by atoms with Gasteiger partial charge in [-0.1, -0.05) is 11.8 Å². The first kappa shape index (κ1) is 12.2. The van der Waals surface area contributed by atoms with Gasteiger partial charge in [0.15, 0.2) is 0 Å². The average molecular weight is 218 g/mol. The van der Waals surface area contributed by atoms with E-state index in [0.717, 1.165) is 24.1 Å². The highest BCUT2D eigenvalue weighted by Gasteiger charge is 2.06. The summed E-state index contributed by atoms with van der Waals surface area (Å²) in [7, 11) is 1.87. The molecule has 0 bridgehead atoms. The summed E-state index contributed by atoms with van der Waals surface area (Å²) in [6.07, 6.45) is 0.771. The molecule has 0 unspecified atom stereocenters. The summed E-state index contributed by atoms with van der Waals surface area (Å²) in [6.45, 7) is 2.67. The molecule has 0 aliphatic carbocycles. The molecule has 0 saturated carbocycles. The molecule has 0 spiro atoms. The first-order valence-electron chi connectivity index (χ1n) is 5.03. The van der Waals surface area contributed by atoms with Gasteiger partial charge in [0.1, 0.15) is 0 Å². The number of hydrogen-bond acceptors (Lipinski definition) is 3. The maximum absolute atomic E-state index is 10.5. The van der Waals surface area contributed by atoms with Crippen molar-refractivity contribution in [1.29, 1.82) is 0 Å². The molecule has 4 nitrogen and oxygen atoms in total. The third kappa shape index (κ3) is 3.37. The number of nitro groups is 1. The van der Waals surface area contributed by atoms with E-state index in [-0.39, 0.29) is 5.69 Å². The van der Waals surface area contributed by atoms with Crippen LogP contribution in [0, 0.1) is 28.9 Å². The molecule has 0 amide bonds. The minimum absolute atomic E-state index is 0.110. The van der Waals surface area contributed by atoms with Gasteiger partial charge in [-0.2, -0.15) is 0 Å². The van der Waals surface area contributed by atoms with Crippen LogP contribution in [0.15, 0.2) is 18.2 Å². The Labute approximate surface area is 94.8 Å². The summed E-state index contributed by atoms with van der Waals surface area (Å²) >= 11 is 0. The number of nitrogens with zero attached hydrogens (tertiary/aromatic N) is 1. The molecule has 0 aromatic heterocycles. The van der Waals surface area contributed by atoms with Crippen molar-refractivity contribution in [2.45, 2.75) is 13.3 Å². The highest BCUT2D eigenvalue weighted by molar-refractivity contribution is 5.47. The van der Waals surface area contributed by atoms with Crippen molar-refractivity contribution in [2.75, 3.05) is 13.6 Å². The van der Waals surface area contributed by atoms with Crippen LogP contribution in [-0.2, 0) is 0 Å². The molecule has 0 aliphatic heterocycles. The summed E-state index contributed by atoms with van der Waals surface area (Å²) in [5.74, 6) is 6.01. The predicted molar refractivity (Wildman–Crippen MR) is 63.3 cm³/mol. The van der Waals surface area contributed by atoms with Gasteiger partial charge in [0.05, 0.1) is 4.92 Å². The van der Waals surface area contributed by atoms with Crippen LogP contribution < -0.4 is 5.32 Å². The molecule has 1 aromatic carbocycles. The molecule has 1 N–H and O–H groups in total. The van der Waals surface area contributed by atoms with Gasteiger partial charge in [-0.15, -0.1) is 0 Å². The van der Waals surface area contributed by atoms with Crippen molar-refractivity contribution in [3.63, 3.8) is 0 Å². The summed E-state index contributed by atoms with van der Waals surface area (Å²) in [5.41, 5.74) is 1.80. The molecule has 0 heterocycles. The third-order valence-electron chi connectivity index (χ3n) is 2.14. The van der Waals surface area contributed by atoms with E-state index in [9.17, 15) is 10.1 Å². The Morgan fingerprint density at radius 3 is 2.81 bits per heavy atom. The van der Waals surface area contributed by atoms with Gasteiger partial charge >= 0.3 is 0 Å². The molecule has 0 atom stereocenters. The fourth-order valence-corrected chi connectivity index (χ4v) is 1.25. The van der Waals surface area contributed by atoms with Gasteiger partial charge in [-0.3, -0.25) is 10.1 Å². The largest absolute Gasteiger partial charge is 0.319 e. The van der Waals surface area contributed by atoms with Crippen molar-refractivity contribution in [1.82, 2.24) is 5.32 Å². The molecule has 0 saturated heterocycles. The number of nitrogens with one attached hydrogen (secondary N) is 1. The second kappa shape index (κ2) is 5.89. The summed E-state index contributed by atoms with van der Waals surface area (Å²) in [5, 5.41) is 13.5. The van der Waals surface area contributed by atoms with Crippen molar-refractivity contribution in [3.05, 3.63) is 39.4 Å². The lowest BCUT2D eigenvalue weighted by Crippen LogP contribution is -2.05. The fourth-order valence-electron chi connectivity index (χ4n) is 1.25. The molecule has 0 fully saturated rings. The van der Waals surface area contributed by atoms with E-state index in [1.807, 2.05) is 14.0 Å². The maximum Gasteiger partial charge on any atom is 0.269 e. The number of non-ortho nitro benzene ring substituents is 1. The van der Waals surface area contributed by atoms with Gasteiger partial charge < -0.3 is 5.32 Å². The van der Waals surface area contributed by atoms with E-state index in [0.29, 0.717) is 0 Å². The summed E-state index contributed by atoms with van der Waals surface area (Å²) in [6, 6.07) is 4.72. The zero-order chi connectivity index (χ0) is 12.0. The lowest BCUT2D eigenvalue weighted by atomic mass is 10.1. The first-order chi connectivity index (χ1) is 7.65. The average Bonchev–Trinajstić information content (AvgIpc) is 2.26. The second-order valence-corrected chi connectivity index (χ2v) is 3.41. The summed E-state index contributed by atoms with van der Waals surface area (Å²) in [4.78, 5) is 10.1. The Balaban J connectivity index is 2.81. The third-order valence-corrected chi connectivity index (χ3v) is 2.14. The Kier molecular flexibility index (Phi) is 4.49. The molecular weight excluding hydrogens is 204 g/mol. The Morgan fingerprint density at radius 2 is 2.25 bits per heavy atom. The van der Waals surface area contributed by atoms with Crippen molar-refractivity contribution >= 4 is 5.69 Å². The highest BCUT2D eigenvalue weighted by atomic mass is 16.6. The first-order valence-corrected chi connectivity index (χ1v) is 5.03. The van der Waals surface area contributed by atoms with E-state index in [4.69, 9.17) is 0 Å². The lowest BCUT2D eigenvalue weighted by molar-refractivity contribution is -0.384. The Bertz CT molecular complexity index is 444. The molecular formula is C12H14N2O2. The van der Waals surface area contributed by atoms with Crippen LogP contribution in [0.2, 0.25) is 0 Å². The second-order valence-electron chi connectivity index (χ2n) is 3.41. The van der Waals surface area contributed by atoms with Gasteiger partial charge in [-0.25, -0.2) is 0 Å². The summed E-state index contributed by atoms with van der Waals surface area (Å²) < 4.78 is 0. The zero-order valence-electron chi connectivity index (χ0n) is 9.41. The van der Waals surface area contributed by atoms with Crippen LogP contribution in [-0.4, -0.2) is 18.5 Å². The molecule has 1 aromatic rings. The predicted octanol–water partition coefficient (Wildman–Crippen LogP) is 1.86. The lowest BCUT2D eigenvalue weighted by Gasteiger charge is -1.97. The van der Waals surface area contributed by atoms with Crippen LogP contribution >= 0.6 is 0 Å². The molecule has 84 valence electrons. The molecule has 1 rings (SSSR count). The normalized spacial score (nSPS) is 9.38. The number of nitro benzene ring substituents is 1. The van der Waals surface area contributed by atoms with Gasteiger partial charge in [0, 0.05) is 30.7 Å². The quantitative estimate of drug-likeness (QED) is 0.364. The molecule has 16 heavy (non-hydrogen) atoms. The highest BCUT2D eigenvalue weighted by Crippen LogP contribution is 2.16. The molecule has 0 radical (unpaired) electrons. The molecule has 0 aliphatic rings. The van der Waals surface area contributed by atoms with Crippen molar-refractivity contribution < 1.29 is 4.92 Å². The van der Waals surface area contributed by atoms with Crippen LogP contribution in [0.5, 0.6) is 0 Å². The van der Waals surface area contributed by atoms with E-state index in [1.54, 1.807) is 12.1 Å². The number of aryl methyl sites for hydroxylation is 1. The number of rotatable bonds is 3. The maximum atomic E-state index is 10.5. The van der Waals surface area contributed by atoms with Crippen molar-refractivity contribution in [2.24, 2.45) is 0 Å². The Hall–Kier alpha value is -1.86. The minimum Gasteiger partial charge on any atom is -0.319 e. The van der Waals surface area contributed by atoms with Crippen LogP contribution in [0.1, 0.15) is 17.5 Å². The molecule has 4 heteroatoms. The minimum atomic E-state index is -0.398. The zero-order valence-corrected chi connectivity index (χ0v) is 9.41. The van der Waals surface area contributed by atoms with Gasteiger partial charge in [0.2, 0.25) is 0 Å². The Morgan fingerprint density at radius 1 is 1.50 bits per heavy atom. The van der Waals surface area contributed by atoms with Gasteiger partial charge in [0.25, 0.3) is 5.69 Å². The monoisotopic (exact) mass is 218 g/mol. The number of hydrogen-bond donors (Lipinski definition) is 1. The topological polar surface area (TPSA) is 55.2 Å². The van der Waals surface area contributed by atoms with Crippen LogP contribution in [0.4, 0.5) is 5.69 Å². The van der Waals surface area contributed by atoms with Crippen molar-refractivity contribution in [3.8, 4) is 11.8 Å². The van der Waals surface area contributed by atoms with E-state index >= 15 is 0 Å². The van der Waals surface area contributed by atoms with E-state index in [2.05, 4.69) is 17.2 Å². The number of benzene rings is 1. The van der Waals surface area contributed by atoms with Crippen LogP contribution in [0.3, 0.4) is 0 Å². The smallest absolute Gasteiger partial charge is 0.269 e. The van der Waals surface area contributed by atoms with E-state index in [1.165, 1.54) is 6.07 Å².